The van der Waals surface area contributed by atoms with Crippen molar-refractivity contribution in [2.75, 3.05) is 40.8 Å². The molecule has 3 rings (SSSR count). The van der Waals surface area contributed by atoms with Gasteiger partial charge in [0.15, 0.2) is 11.6 Å². The molecule has 6 nitrogen and oxygen atoms in total. The molecule has 1 unspecified atom stereocenters. The van der Waals surface area contributed by atoms with Crippen molar-refractivity contribution in [2.24, 2.45) is 5.92 Å². The SMILES string of the molecule is CC(=O)[C@@H]1C=C(CC(=O)[C@@H]2CC(CC(=O)[C@@H]3CCN3C)CN2C)CN1C. The summed E-state index contributed by atoms with van der Waals surface area (Å²) in [4.78, 5) is 43.0. The molecule has 2 saturated heterocycles. The van der Waals surface area contributed by atoms with Gasteiger partial charge in [-0.25, -0.2) is 0 Å². The van der Waals surface area contributed by atoms with Crippen molar-refractivity contribution in [3.05, 3.63) is 11.6 Å². The van der Waals surface area contributed by atoms with Crippen LogP contribution in [0, 0.1) is 5.92 Å². The Hall–Kier alpha value is -1.37. The molecule has 0 spiro atoms. The van der Waals surface area contributed by atoms with E-state index in [9.17, 15) is 14.4 Å². The van der Waals surface area contributed by atoms with Crippen LogP contribution in [0.25, 0.3) is 0 Å². The van der Waals surface area contributed by atoms with Crippen LogP contribution in [0.2, 0.25) is 0 Å². The minimum absolute atomic E-state index is 0.0951. The molecular weight excluding hydrogens is 330 g/mol. The van der Waals surface area contributed by atoms with Crippen LogP contribution in [0.4, 0.5) is 0 Å². The summed E-state index contributed by atoms with van der Waals surface area (Å²) in [5.41, 5.74) is 1.04. The summed E-state index contributed by atoms with van der Waals surface area (Å²) in [6.45, 7) is 4.09. The molecule has 0 saturated carbocycles. The number of likely N-dealkylation sites (N-methyl/N-ethyl adjacent to an activating group) is 3. The van der Waals surface area contributed by atoms with E-state index in [1.54, 1.807) is 6.92 Å². The molecule has 2 fully saturated rings. The Labute approximate surface area is 156 Å². The fourth-order valence-corrected chi connectivity index (χ4v) is 4.68. The number of hydrogen-bond donors (Lipinski definition) is 0. The van der Waals surface area contributed by atoms with Crippen molar-refractivity contribution in [2.45, 2.75) is 50.7 Å². The first kappa shape index (κ1) is 19.4. The van der Waals surface area contributed by atoms with Gasteiger partial charge in [0.1, 0.15) is 5.78 Å². The van der Waals surface area contributed by atoms with Gasteiger partial charge >= 0.3 is 0 Å². The Bertz CT molecular complexity index is 630. The second-order valence-corrected chi connectivity index (χ2v) is 8.45. The summed E-state index contributed by atoms with van der Waals surface area (Å²) >= 11 is 0. The molecule has 26 heavy (non-hydrogen) atoms. The van der Waals surface area contributed by atoms with E-state index in [0.29, 0.717) is 25.2 Å². The van der Waals surface area contributed by atoms with Gasteiger partial charge in [-0.15, -0.1) is 0 Å². The molecule has 3 aliphatic heterocycles. The van der Waals surface area contributed by atoms with Gasteiger partial charge in [-0.05, 0) is 46.8 Å². The molecule has 144 valence electrons. The molecule has 0 bridgehead atoms. The number of ketones is 3. The first-order valence-corrected chi connectivity index (χ1v) is 9.62. The normalized spacial score (nSPS) is 33.2. The molecular formula is C20H31N3O3. The molecule has 0 radical (unpaired) electrons. The number of carbonyl (C=O) groups is 3. The van der Waals surface area contributed by atoms with E-state index >= 15 is 0 Å². The average Bonchev–Trinajstić information content (AvgIpc) is 3.08. The van der Waals surface area contributed by atoms with Crippen LogP contribution in [0.15, 0.2) is 11.6 Å². The highest BCUT2D eigenvalue weighted by molar-refractivity contribution is 5.89. The highest BCUT2D eigenvalue weighted by Gasteiger charge is 2.38. The first-order valence-electron chi connectivity index (χ1n) is 9.62. The van der Waals surface area contributed by atoms with E-state index in [2.05, 4.69) is 9.80 Å². The number of nitrogens with zero attached hydrogens (tertiary/aromatic N) is 3. The van der Waals surface area contributed by atoms with Crippen molar-refractivity contribution in [1.82, 2.24) is 14.7 Å². The lowest BCUT2D eigenvalue weighted by molar-refractivity contribution is -0.128. The molecule has 0 aliphatic carbocycles. The summed E-state index contributed by atoms with van der Waals surface area (Å²) in [5.74, 6) is 0.940. The van der Waals surface area contributed by atoms with Gasteiger partial charge in [0.25, 0.3) is 0 Å². The Balaban J connectivity index is 1.53. The summed E-state index contributed by atoms with van der Waals surface area (Å²) < 4.78 is 0. The number of likely N-dealkylation sites (tertiary alicyclic amines) is 2. The highest BCUT2D eigenvalue weighted by atomic mass is 16.1. The largest absolute Gasteiger partial charge is 0.298 e. The molecule has 6 heteroatoms. The predicted octanol–water partition coefficient (Wildman–Crippen LogP) is 0.759. The fraction of sp³-hybridized carbons (Fsp3) is 0.750. The van der Waals surface area contributed by atoms with Gasteiger partial charge in [0.05, 0.1) is 18.1 Å². The minimum Gasteiger partial charge on any atom is -0.298 e. The van der Waals surface area contributed by atoms with E-state index in [-0.39, 0.29) is 35.6 Å². The van der Waals surface area contributed by atoms with Crippen LogP contribution in [0.3, 0.4) is 0 Å². The van der Waals surface area contributed by atoms with E-state index in [1.807, 2.05) is 32.1 Å². The maximum atomic E-state index is 12.8. The highest BCUT2D eigenvalue weighted by Crippen LogP contribution is 2.29. The zero-order valence-corrected chi connectivity index (χ0v) is 16.4. The van der Waals surface area contributed by atoms with Crippen LogP contribution < -0.4 is 0 Å². The van der Waals surface area contributed by atoms with Crippen molar-refractivity contribution in [3.8, 4) is 0 Å². The summed E-state index contributed by atoms with van der Waals surface area (Å²) in [6.07, 6.45) is 4.69. The third-order valence-corrected chi connectivity index (χ3v) is 6.29. The van der Waals surface area contributed by atoms with Gasteiger partial charge in [-0.1, -0.05) is 11.6 Å². The molecule has 4 atom stereocenters. The van der Waals surface area contributed by atoms with Gasteiger partial charge in [-0.3, -0.25) is 29.1 Å². The van der Waals surface area contributed by atoms with Crippen LogP contribution >= 0.6 is 0 Å². The Morgan fingerprint density at radius 1 is 1.04 bits per heavy atom. The Morgan fingerprint density at radius 3 is 2.31 bits per heavy atom. The monoisotopic (exact) mass is 361 g/mol. The molecule has 0 aromatic carbocycles. The van der Waals surface area contributed by atoms with Gasteiger partial charge in [0, 0.05) is 32.5 Å². The van der Waals surface area contributed by atoms with Crippen LogP contribution in [-0.4, -0.2) is 91.0 Å². The summed E-state index contributed by atoms with van der Waals surface area (Å²) in [7, 11) is 5.90. The number of Topliss-reactive ketones (excluding diaryl/α,β-unsaturated/α-hetero) is 3. The third kappa shape index (κ3) is 3.97. The lowest BCUT2D eigenvalue weighted by Gasteiger charge is -2.37. The topological polar surface area (TPSA) is 60.9 Å². The predicted molar refractivity (Wildman–Crippen MR) is 100.0 cm³/mol. The van der Waals surface area contributed by atoms with E-state index in [4.69, 9.17) is 0 Å². The van der Waals surface area contributed by atoms with Crippen molar-refractivity contribution in [1.29, 1.82) is 0 Å². The zero-order valence-electron chi connectivity index (χ0n) is 16.4. The van der Waals surface area contributed by atoms with Crippen LogP contribution in [0.1, 0.15) is 32.6 Å². The molecule has 0 N–H and O–H groups in total. The lowest BCUT2D eigenvalue weighted by atomic mass is 9.90. The smallest absolute Gasteiger partial charge is 0.154 e. The summed E-state index contributed by atoms with van der Waals surface area (Å²) in [6, 6.07) is -0.198. The molecule has 0 aromatic heterocycles. The molecule has 3 aliphatic rings. The lowest BCUT2D eigenvalue weighted by Crippen LogP contribution is -2.50. The van der Waals surface area contributed by atoms with Gasteiger partial charge in [0.2, 0.25) is 0 Å². The number of hydrogen-bond acceptors (Lipinski definition) is 6. The van der Waals surface area contributed by atoms with Crippen LogP contribution in [-0.2, 0) is 14.4 Å². The third-order valence-electron chi connectivity index (χ3n) is 6.29. The second-order valence-electron chi connectivity index (χ2n) is 8.45. The van der Waals surface area contributed by atoms with Crippen molar-refractivity contribution >= 4 is 17.3 Å². The van der Waals surface area contributed by atoms with E-state index in [0.717, 1.165) is 31.5 Å². The molecule has 0 aromatic rings. The van der Waals surface area contributed by atoms with E-state index in [1.165, 1.54) is 0 Å². The van der Waals surface area contributed by atoms with Gasteiger partial charge in [-0.2, -0.15) is 0 Å². The quantitative estimate of drug-likeness (QED) is 0.624. The number of rotatable bonds is 7. The number of carbonyl (C=O) groups excluding carboxylic acids is 3. The zero-order chi connectivity index (χ0) is 19.0. The van der Waals surface area contributed by atoms with Crippen molar-refractivity contribution in [3.63, 3.8) is 0 Å². The maximum absolute atomic E-state index is 12.8. The standard InChI is InChI=1S/C20H31N3O3/c1-13(24)17-7-14(11-22(17)3)10-20(26)18-8-15(12-23(18)4)9-19(25)16-5-6-21(16)2/h7,15-18H,5-6,8-12H2,1-4H3/t15?,16-,17-,18-/m0/s1. The second kappa shape index (κ2) is 7.71. The van der Waals surface area contributed by atoms with Crippen LogP contribution in [0.5, 0.6) is 0 Å². The van der Waals surface area contributed by atoms with Gasteiger partial charge < -0.3 is 0 Å². The first-order chi connectivity index (χ1) is 12.3. The van der Waals surface area contributed by atoms with E-state index < -0.39 is 0 Å². The Kier molecular flexibility index (Phi) is 5.75. The Morgan fingerprint density at radius 2 is 1.77 bits per heavy atom. The maximum Gasteiger partial charge on any atom is 0.154 e. The average molecular weight is 361 g/mol. The molecule has 0 amide bonds. The summed E-state index contributed by atoms with van der Waals surface area (Å²) in [5, 5.41) is 0. The minimum atomic E-state index is -0.191. The fourth-order valence-electron chi connectivity index (χ4n) is 4.68. The molecule has 3 heterocycles. The van der Waals surface area contributed by atoms with Crippen molar-refractivity contribution < 1.29 is 14.4 Å².